The summed E-state index contributed by atoms with van der Waals surface area (Å²) in [5.74, 6) is 0.865. The molecule has 0 atom stereocenters. The number of hydrogen-bond acceptors (Lipinski definition) is 2. The van der Waals surface area contributed by atoms with Crippen LogP contribution in [0.4, 0.5) is 0 Å². The van der Waals surface area contributed by atoms with Crippen LogP contribution in [-0.2, 0) is 0 Å². The molecule has 0 spiro atoms. The molecule has 0 aliphatic heterocycles. The molecule has 0 saturated carbocycles. The highest BCUT2D eigenvalue weighted by Crippen LogP contribution is 2.27. The molecule has 4 rings (SSSR count). The van der Waals surface area contributed by atoms with Gasteiger partial charge in [0.1, 0.15) is 5.82 Å². The van der Waals surface area contributed by atoms with Crippen LogP contribution in [0.15, 0.2) is 61.0 Å². The van der Waals surface area contributed by atoms with Crippen molar-refractivity contribution in [1.29, 1.82) is 0 Å². The average Bonchev–Trinajstić information content (AvgIpc) is 3.16. The SMILES string of the molecule is C1=CCC(c2ccc3nc(-c4cccnc4)[nH]c3c2)=C1. The Hall–Kier alpha value is -2.68. The molecule has 0 unspecified atom stereocenters. The number of hydrogen-bond donors (Lipinski definition) is 1. The molecule has 0 bridgehead atoms. The van der Waals surface area contributed by atoms with E-state index < -0.39 is 0 Å². The fourth-order valence-corrected chi connectivity index (χ4v) is 2.51. The third-order valence-electron chi connectivity index (χ3n) is 3.56. The maximum absolute atomic E-state index is 4.62. The van der Waals surface area contributed by atoms with Gasteiger partial charge in [0, 0.05) is 18.0 Å². The smallest absolute Gasteiger partial charge is 0.140 e. The standard InChI is InChI=1S/C17H13N3/c1-2-5-12(4-1)13-7-8-15-16(10-13)20-17(19-15)14-6-3-9-18-11-14/h1-4,6-11H,5H2,(H,19,20). The van der Waals surface area contributed by atoms with Crippen LogP contribution in [0.1, 0.15) is 12.0 Å². The monoisotopic (exact) mass is 259 g/mol. The molecule has 0 fully saturated rings. The highest BCUT2D eigenvalue weighted by molar-refractivity contribution is 5.84. The number of pyridine rings is 1. The number of aromatic amines is 1. The number of fused-ring (bicyclic) bond motifs is 1. The van der Waals surface area contributed by atoms with E-state index in [1.165, 1.54) is 11.1 Å². The minimum Gasteiger partial charge on any atom is -0.338 e. The third-order valence-corrected chi connectivity index (χ3v) is 3.56. The highest BCUT2D eigenvalue weighted by Gasteiger charge is 2.08. The lowest BCUT2D eigenvalue weighted by atomic mass is 10.0. The number of nitrogens with one attached hydrogen (secondary N) is 1. The summed E-state index contributed by atoms with van der Waals surface area (Å²) in [5.41, 5.74) is 5.66. The Balaban J connectivity index is 1.80. The zero-order chi connectivity index (χ0) is 13.4. The predicted octanol–water partition coefficient (Wildman–Crippen LogP) is 3.97. The number of benzene rings is 1. The first kappa shape index (κ1) is 11.2. The molecule has 0 radical (unpaired) electrons. The number of allylic oxidation sites excluding steroid dienone is 4. The van der Waals surface area contributed by atoms with Crippen molar-refractivity contribution >= 4 is 16.6 Å². The van der Waals surface area contributed by atoms with Crippen molar-refractivity contribution in [1.82, 2.24) is 15.0 Å². The average molecular weight is 259 g/mol. The number of nitrogens with zero attached hydrogens (tertiary/aromatic N) is 2. The summed E-state index contributed by atoms with van der Waals surface area (Å²) >= 11 is 0. The van der Waals surface area contributed by atoms with Gasteiger partial charge in [0.2, 0.25) is 0 Å². The lowest BCUT2D eigenvalue weighted by Crippen LogP contribution is -1.81. The fourth-order valence-electron chi connectivity index (χ4n) is 2.51. The molecule has 20 heavy (non-hydrogen) atoms. The van der Waals surface area contributed by atoms with E-state index in [4.69, 9.17) is 0 Å². The molecule has 3 nitrogen and oxygen atoms in total. The minimum absolute atomic E-state index is 0.865. The maximum Gasteiger partial charge on any atom is 0.140 e. The van der Waals surface area contributed by atoms with Crippen molar-refractivity contribution in [2.24, 2.45) is 0 Å². The van der Waals surface area contributed by atoms with Gasteiger partial charge in [0.05, 0.1) is 11.0 Å². The van der Waals surface area contributed by atoms with Crippen molar-refractivity contribution in [3.05, 3.63) is 66.5 Å². The summed E-state index contributed by atoms with van der Waals surface area (Å²) in [6, 6.07) is 10.3. The molecule has 1 aliphatic carbocycles. The van der Waals surface area contributed by atoms with Gasteiger partial charge >= 0.3 is 0 Å². The van der Waals surface area contributed by atoms with Gasteiger partial charge in [0.15, 0.2) is 0 Å². The van der Waals surface area contributed by atoms with Crippen molar-refractivity contribution in [3.63, 3.8) is 0 Å². The quantitative estimate of drug-likeness (QED) is 0.756. The van der Waals surface area contributed by atoms with E-state index in [0.29, 0.717) is 0 Å². The Bertz CT molecular complexity index is 826. The van der Waals surface area contributed by atoms with Crippen LogP contribution in [0.5, 0.6) is 0 Å². The molecule has 2 aromatic heterocycles. The number of imidazole rings is 1. The Labute approximate surface area is 116 Å². The van der Waals surface area contributed by atoms with Gasteiger partial charge in [0.25, 0.3) is 0 Å². The van der Waals surface area contributed by atoms with Gasteiger partial charge in [-0.05, 0) is 41.8 Å². The summed E-state index contributed by atoms with van der Waals surface area (Å²) in [4.78, 5) is 12.1. The second-order valence-corrected chi connectivity index (χ2v) is 4.88. The molecule has 2 heterocycles. The van der Waals surface area contributed by atoms with Gasteiger partial charge in [-0.25, -0.2) is 4.98 Å². The van der Waals surface area contributed by atoms with E-state index in [-0.39, 0.29) is 0 Å². The number of rotatable bonds is 2. The van der Waals surface area contributed by atoms with Crippen molar-refractivity contribution in [2.45, 2.75) is 6.42 Å². The second-order valence-electron chi connectivity index (χ2n) is 4.88. The van der Waals surface area contributed by atoms with Crippen molar-refractivity contribution in [2.75, 3.05) is 0 Å². The molecule has 0 saturated heterocycles. The Morgan fingerprint density at radius 1 is 1.10 bits per heavy atom. The second kappa shape index (κ2) is 4.46. The topological polar surface area (TPSA) is 41.6 Å². The van der Waals surface area contributed by atoms with E-state index in [1.54, 1.807) is 6.20 Å². The molecule has 3 heteroatoms. The van der Waals surface area contributed by atoms with Crippen LogP contribution in [0.3, 0.4) is 0 Å². The van der Waals surface area contributed by atoms with Gasteiger partial charge in [-0.3, -0.25) is 4.98 Å². The third kappa shape index (κ3) is 1.84. The van der Waals surface area contributed by atoms with Crippen LogP contribution in [0.25, 0.3) is 28.0 Å². The molecule has 96 valence electrons. The summed E-state index contributed by atoms with van der Waals surface area (Å²) in [6.07, 6.45) is 11.0. The van der Waals surface area contributed by atoms with Gasteiger partial charge in [-0.2, -0.15) is 0 Å². The Morgan fingerprint density at radius 2 is 2.10 bits per heavy atom. The van der Waals surface area contributed by atoms with Crippen LogP contribution < -0.4 is 0 Å². The van der Waals surface area contributed by atoms with Crippen LogP contribution in [0.2, 0.25) is 0 Å². The van der Waals surface area contributed by atoms with Crippen molar-refractivity contribution in [3.8, 4) is 11.4 Å². The molecule has 1 aromatic carbocycles. The number of H-pyrrole nitrogens is 1. The molecule has 1 aliphatic rings. The summed E-state index contributed by atoms with van der Waals surface area (Å²) in [6.45, 7) is 0. The molecule has 3 aromatic rings. The van der Waals surface area contributed by atoms with E-state index in [2.05, 4.69) is 51.4 Å². The maximum atomic E-state index is 4.62. The van der Waals surface area contributed by atoms with E-state index in [0.717, 1.165) is 28.8 Å². The molecular weight excluding hydrogens is 246 g/mol. The van der Waals surface area contributed by atoms with Crippen LogP contribution in [0, 0.1) is 0 Å². The lowest BCUT2D eigenvalue weighted by Gasteiger charge is -2.01. The predicted molar refractivity (Wildman–Crippen MR) is 81.1 cm³/mol. The van der Waals surface area contributed by atoms with Crippen LogP contribution in [-0.4, -0.2) is 15.0 Å². The van der Waals surface area contributed by atoms with Gasteiger partial charge in [-0.15, -0.1) is 0 Å². The minimum atomic E-state index is 0.865. The van der Waals surface area contributed by atoms with Crippen molar-refractivity contribution < 1.29 is 0 Å². The largest absolute Gasteiger partial charge is 0.338 e. The molecular formula is C17H13N3. The summed E-state index contributed by atoms with van der Waals surface area (Å²) in [5, 5.41) is 0. The van der Waals surface area contributed by atoms with Gasteiger partial charge in [-0.1, -0.05) is 24.3 Å². The van der Waals surface area contributed by atoms with E-state index >= 15 is 0 Å². The first-order valence-electron chi connectivity index (χ1n) is 6.66. The van der Waals surface area contributed by atoms with Crippen LogP contribution >= 0.6 is 0 Å². The van der Waals surface area contributed by atoms with Gasteiger partial charge < -0.3 is 4.98 Å². The molecule has 1 N–H and O–H groups in total. The molecule has 0 amide bonds. The fraction of sp³-hybridized carbons (Fsp3) is 0.0588. The zero-order valence-electron chi connectivity index (χ0n) is 10.9. The summed E-state index contributed by atoms with van der Waals surface area (Å²) in [7, 11) is 0. The summed E-state index contributed by atoms with van der Waals surface area (Å²) < 4.78 is 0. The number of aromatic nitrogens is 3. The van der Waals surface area contributed by atoms with E-state index in [9.17, 15) is 0 Å². The first-order chi connectivity index (χ1) is 9.90. The zero-order valence-corrected chi connectivity index (χ0v) is 10.9. The van der Waals surface area contributed by atoms with E-state index in [1.807, 2.05) is 18.3 Å². The highest BCUT2D eigenvalue weighted by atomic mass is 14.9. The Kier molecular flexibility index (Phi) is 2.49. The first-order valence-corrected chi connectivity index (χ1v) is 6.66. The lowest BCUT2D eigenvalue weighted by molar-refractivity contribution is 1.27. The Morgan fingerprint density at radius 3 is 2.90 bits per heavy atom. The normalized spacial score (nSPS) is 13.9.